The topological polar surface area (TPSA) is 50.9 Å². The smallest absolute Gasteiger partial charge is 0.0463 e. The van der Waals surface area contributed by atoms with Crippen LogP contribution in [0.3, 0.4) is 0 Å². The number of aromatic nitrogens is 1. The molecule has 0 aliphatic rings. The van der Waals surface area contributed by atoms with Gasteiger partial charge in [-0.25, -0.2) is 0 Å². The van der Waals surface area contributed by atoms with Gasteiger partial charge >= 0.3 is 0 Å². The van der Waals surface area contributed by atoms with E-state index < -0.39 is 0 Å². The Labute approximate surface area is 92.1 Å². The molecule has 15 heavy (non-hydrogen) atoms. The van der Waals surface area contributed by atoms with Gasteiger partial charge in [0, 0.05) is 18.4 Å². The quantitative estimate of drug-likeness (QED) is 0.556. The molecule has 3 nitrogen and oxygen atoms in total. The number of hydrazine groups is 1. The number of pyridine rings is 1. The Bertz CT molecular complexity index is 261. The van der Waals surface area contributed by atoms with Crippen LogP contribution in [-0.2, 0) is 0 Å². The second-order valence-electron chi connectivity index (χ2n) is 4.13. The molecule has 1 aromatic heterocycles. The molecule has 0 aliphatic heterocycles. The summed E-state index contributed by atoms with van der Waals surface area (Å²) in [6, 6.07) is 4.28. The lowest BCUT2D eigenvalue weighted by molar-refractivity contribution is 0.394. The second kappa shape index (κ2) is 6.53. The van der Waals surface area contributed by atoms with Crippen LogP contribution < -0.4 is 11.3 Å². The monoisotopic (exact) mass is 207 g/mol. The molecule has 3 N–H and O–H groups in total. The van der Waals surface area contributed by atoms with Crippen LogP contribution in [-0.4, -0.2) is 4.98 Å². The zero-order chi connectivity index (χ0) is 11.1. The van der Waals surface area contributed by atoms with E-state index >= 15 is 0 Å². The Hall–Kier alpha value is -0.930. The van der Waals surface area contributed by atoms with Gasteiger partial charge in [0.05, 0.1) is 0 Å². The van der Waals surface area contributed by atoms with Gasteiger partial charge in [-0.1, -0.05) is 26.7 Å². The van der Waals surface area contributed by atoms with Crippen molar-refractivity contribution in [2.45, 2.75) is 39.2 Å². The molecule has 3 heteroatoms. The van der Waals surface area contributed by atoms with E-state index in [1.807, 2.05) is 24.5 Å². The molecule has 0 bridgehead atoms. The number of hydrogen-bond donors (Lipinski definition) is 2. The van der Waals surface area contributed by atoms with Gasteiger partial charge in [0.15, 0.2) is 0 Å². The molecule has 1 heterocycles. The van der Waals surface area contributed by atoms with E-state index in [1.54, 1.807) is 0 Å². The van der Waals surface area contributed by atoms with Gasteiger partial charge in [-0.15, -0.1) is 0 Å². The molecule has 0 saturated carbocycles. The standard InChI is InChI=1S/C12H21N3/c1-3-4-10(2)9-12(15-13)11-5-7-14-8-6-11/h5-8,10,12,15H,3-4,9,13H2,1-2H3. The number of rotatable bonds is 6. The third-order valence-electron chi connectivity index (χ3n) is 2.73. The van der Waals surface area contributed by atoms with E-state index in [9.17, 15) is 0 Å². The van der Waals surface area contributed by atoms with Crippen LogP contribution in [0.1, 0.15) is 44.7 Å². The molecule has 0 amide bonds. The predicted molar refractivity (Wildman–Crippen MR) is 63.0 cm³/mol. The fraction of sp³-hybridized carbons (Fsp3) is 0.583. The lowest BCUT2D eigenvalue weighted by atomic mass is 9.94. The van der Waals surface area contributed by atoms with E-state index in [0.29, 0.717) is 5.92 Å². The summed E-state index contributed by atoms with van der Waals surface area (Å²) in [6.07, 6.45) is 7.18. The van der Waals surface area contributed by atoms with E-state index in [0.717, 1.165) is 6.42 Å². The van der Waals surface area contributed by atoms with Crippen LogP contribution in [0.25, 0.3) is 0 Å². The molecular weight excluding hydrogens is 186 g/mol. The minimum Gasteiger partial charge on any atom is -0.271 e. The van der Waals surface area contributed by atoms with Gasteiger partial charge < -0.3 is 0 Å². The molecule has 0 aromatic carbocycles. The van der Waals surface area contributed by atoms with Crippen LogP contribution in [0, 0.1) is 5.92 Å². The molecule has 0 fully saturated rings. The van der Waals surface area contributed by atoms with Crippen molar-refractivity contribution in [3.63, 3.8) is 0 Å². The average Bonchev–Trinajstić information content (AvgIpc) is 2.27. The fourth-order valence-corrected chi connectivity index (χ4v) is 1.91. The fourth-order valence-electron chi connectivity index (χ4n) is 1.91. The summed E-state index contributed by atoms with van der Waals surface area (Å²) < 4.78 is 0. The Balaban J connectivity index is 2.56. The first-order valence-electron chi connectivity index (χ1n) is 5.64. The summed E-state index contributed by atoms with van der Waals surface area (Å²) in [6.45, 7) is 4.49. The first kappa shape index (κ1) is 12.1. The van der Waals surface area contributed by atoms with Crippen molar-refractivity contribution >= 4 is 0 Å². The summed E-state index contributed by atoms with van der Waals surface area (Å²) in [4.78, 5) is 4.01. The maximum absolute atomic E-state index is 5.58. The Kier molecular flexibility index (Phi) is 5.29. The van der Waals surface area contributed by atoms with Crippen LogP contribution in [0.2, 0.25) is 0 Å². The molecule has 2 unspecified atom stereocenters. The summed E-state index contributed by atoms with van der Waals surface area (Å²) in [5.74, 6) is 6.28. The number of hydrogen-bond acceptors (Lipinski definition) is 3. The Morgan fingerprint density at radius 2 is 2.07 bits per heavy atom. The average molecular weight is 207 g/mol. The maximum Gasteiger partial charge on any atom is 0.0463 e. The number of nitrogens with one attached hydrogen (secondary N) is 1. The summed E-state index contributed by atoms with van der Waals surface area (Å²) >= 11 is 0. The third kappa shape index (κ3) is 3.98. The van der Waals surface area contributed by atoms with Gasteiger partial charge in [0.2, 0.25) is 0 Å². The summed E-state index contributed by atoms with van der Waals surface area (Å²) in [5.41, 5.74) is 4.10. The van der Waals surface area contributed by atoms with Crippen molar-refractivity contribution < 1.29 is 0 Å². The number of nitrogens with two attached hydrogens (primary N) is 1. The van der Waals surface area contributed by atoms with Crippen LogP contribution in [0.15, 0.2) is 24.5 Å². The van der Waals surface area contributed by atoms with Crippen molar-refractivity contribution in [3.8, 4) is 0 Å². The molecular formula is C12H21N3. The molecule has 84 valence electrons. The summed E-state index contributed by atoms with van der Waals surface area (Å²) in [7, 11) is 0. The highest BCUT2D eigenvalue weighted by Crippen LogP contribution is 2.22. The minimum atomic E-state index is 0.245. The van der Waals surface area contributed by atoms with E-state index in [2.05, 4.69) is 24.3 Å². The van der Waals surface area contributed by atoms with Gasteiger partial charge in [-0.05, 0) is 30.0 Å². The first-order valence-corrected chi connectivity index (χ1v) is 5.64. The largest absolute Gasteiger partial charge is 0.271 e. The van der Waals surface area contributed by atoms with Crippen molar-refractivity contribution in [3.05, 3.63) is 30.1 Å². The van der Waals surface area contributed by atoms with Crippen LogP contribution >= 0.6 is 0 Å². The molecule has 1 aromatic rings. The highest BCUT2D eigenvalue weighted by molar-refractivity contribution is 5.14. The SMILES string of the molecule is CCCC(C)CC(NN)c1ccncc1. The van der Waals surface area contributed by atoms with Crippen molar-refractivity contribution in [2.24, 2.45) is 11.8 Å². The van der Waals surface area contributed by atoms with Gasteiger partial charge in [-0.2, -0.15) is 0 Å². The van der Waals surface area contributed by atoms with E-state index in [4.69, 9.17) is 5.84 Å². The molecule has 0 aliphatic carbocycles. The Morgan fingerprint density at radius 1 is 1.40 bits per heavy atom. The highest BCUT2D eigenvalue weighted by atomic mass is 15.2. The molecule has 2 atom stereocenters. The predicted octanol–water partition coefficient (Wildman–Crippen LogP) is 2.41. The summed E-state index contributed by atoms with van der Waals surface area (Å²) in [5, 5.41) is 0. The van der Waals surface area contributed by atoms with E-state index in [-0.39, 0.29) is 6.04 Å². The zero-order valence-electron chi connectivity index (χ0n) is 9.61. The second-order valence-corrected chi connectivity index (χ2v) is 4.13. The maximum atomic E-state index is 5.58. The highest BCUT2D eigenvalue weighted by Gasteiger charge is 2.12. The van der Waals surface area contributed by atoms with Crippen molar-refractivity contribution in [1.29, 1.82) is 0 Å². The zero-order valence-corrected chi connectivity index (χ0v) is 9.61. The molecule has 0 saturated heterocycles. The number of nitrogens with zero attached hydrogens (tertiary/aromatic N) is 1. The van der Waals surface area contributed by atoms with Crippen LogP contribution in [0.5, 0.6) is 0 Å². The van der Waals surface area contributed by atoms with Gasteiger partial charge in [0.25, 0.3) is 0 Å². The first-order chi connectivity index (χ1) is 7.27. The van der Waals surface area contributed by atoms with Crippen molar-refractivity contribution in [2.75, 3.05) is 0 Å². The van der Waals surface area contributed by atoms with Crippen molar-refractivity contribution in [1.82, 2.24) is 10.4 Å². The van der Waals surface area contributed by atoms with Gasteiger partial charge in [0.1, 0.15) is 0 Å². The third-order valence-corrected chi connectivity index (χ3v) is 2.73. The van der Waals surface area contributed by atoms with Gasteiger partial charge in [-0.3, -0.25) is 16.3 Å². The molecule has 1 rings (SSSR count). The van der Waals surface area contributed by atoms with Crippen LogP contribution in [0.4, 0.5) is 0 Å². The van der Waals surface area contributed by atoms with E-state index in [1.165, 1.54) is 18.4 Å². The lowest BCUT2D eigenvalue weighted by Gasteiger charge is -2.20. The molecule has 0 radical (unpaired) electrons. The Morgan fingerprint density at radius 3 is 2.60 bits per heavy atom. The normalized spacial score (nSPS) is 14.9. The lowest BCUT2D eigenvalue weighted by Crippen LogP contribution is -2.29. The minimum absolute atomic E-state index is 0.245. The molecule has 0 spiro atoms.